The van der Waals surface area contributed by atoms with Crippen LogP contribution in [0.4, 0.5) is 10.1 Å². The van der Waals surface area contributed by atoms with Gasteiger partial charge in [-0.3, -0.25) is 0 Å². The van der Waals surface area contributed by atoms with Gasteiger partial charge in [0, 0.05) is 44.3 Å². The van der Waals surface area contributed by atoms with E-state index in [2.05, 4.69) is 47.0 Å². The van der Waals surface area contributed by atoms with Gasteiger partial charge in [0.1, 0.15) is 5.82 Å². The highest BCUT2D eigenvalue weighted by Crippen LogP contribution is 2.36. The number of aliphatic hydroxyl groups is 2. The molecule has 196 valence electrons. The van der Waals surface area contributed by atoms with Gasteiger partial charge in [-0.15, -0.1) is 0 Å². The quantitative estimate of drug-likeness (QED) is 0.480. The number of carbonyl (C=O) groups is 2. The Morgan fingerprint density at radius 2 is 1.47 bits per heavy atom. The number of hydrogen-bond donors (Lipinski definition) is 4. The maximum absolute atomic E-state index is 14.5. The summed E-state index contributed by atoms with van der Waals surface area (Å²) in [6, 6.07) is 14.1. The number of halogens is 1. The van der Waals surface area contributed by atoms with Gasteiger partial charge >= 0.3 is 11.9 Å². The lowest BCUT2D eigenvalue weighted by Crippen LogP contribution is -2.44. The summed E-state index contributed by atoms with van der Waals surface area (Å²) in [4.78, 5) is 26.8. The maximum atomic E-state index is 14.5. The Labute approximate surface area is 210 Å². The Morgan fingerprint density at radius 3 is 2.06 bits per heavy atom. The van der Waals surface area contributed by atoms with Gasteiger partial charge in [0.25, 0.3) is 0 Å². The van der Waals surface area contributed by atoms with Gasteiger partial charge in [-0.05, 0) is 62.0 Å². The Bertz CT molecular complexity index is 1040. The number of hydrogen-bond acceptors (Lipinski definition) is 7. The third-order valence-electron chi connectivity index (χ3n) is 6.70. The van der Waals surface area contributed by atoms with Crippen molar-refractivity contribution in [3.8, 4) is 0 Å². The van der Waals surface area contributed by atoms with Crippen LogP contribution in [0.2, 0.25) is 0 Å². The highest BCUT2D eigenvalue weighted by atomic mass is 19.1. The van der Waals surface area contributed by atoms with Crippen LogP contribution in [-0.2, 0) is 16.1 Å². The molecule has 3 atom stereocenters. The molecule has 2 aliphatic heterocycles. The standard InChI is InChI=1S/C22H28FN3.C4H6O6/c1-24-11-13-26(14-12-24)18-7-8-19-17(15-18)16-25(2)10-9-20(19)21-5-3-4-6-22(21)23;5-1(3(7)8)2(6)4(9)10/h3-8,15,20H,9-14,16H2,1-2H3;1-2,5-6H,(H,7,8)(H,9,10)/t;1-,2-/m.1/s1. The third kappa shape index (κ3) is 6.79. The van der Waals surface area contributed by atoms with E-state index in [4.69, 9.17) is 20.4 Å². The lowest BCUT2D eigenvalue weighted by Gasteiger charge is -2.34. The van der Waals surface area contributed by atoms with Crippen molar-refractivity contribution in [3.05, 3.63) is 65.0 Å². The van der Waals surface area contributed by atoms with Crippen molar-refractivity contribution in [3.63, 3.8) is 0 Å². The van der Waals surface area contributed by atoms with E-state index in [1.54, 1.807) is 12.1 Å². The molecule has 1 fully saturated rings. The minimum Gasteiger partial charge on any atom is -0.479 e. The molecule has 0 radical (unpaired) electrons. The number of rotatable bonds is 5. The third-order valence-corrected chi connectivity index (χ3v) is 6.70. The average Bonchev–Trinajstić information content (AvgIpc) is 3.01. The monoisotopic (exact) mass is 503 g/mol. The normalized spacial score (nSPS) is 20.4. The van der Waals surface area contributed by atoms with E-state index in [0.29, 0.717) is 0 Å². The summed E-state index contributed by atoms with van der Waals surface area (Å²) in [6.07, 6.45) is -3.58. The first-order valence-electron chi connectivity index (χ1n) is 11.9. The number of fused-ring (bicyclic) bond motifs is 1. The van der Waals surface area contributed by atoms with Crippen LogP contribution in [0.3, 0.4) is 0 Å². The van der Waals surface area contributed by atoms with Crippen LogP contribution in [-0.4, -0.2) is 101 Å². The predicted octanol–water partition coefficient (Wildman–Crippen LogP) is 1.42. The molecule has 4 N–H and O–H groups in total. The fourth-order valence-corrected chi connectivity index (χ4v) is 4.56. The Morgan fingerprint density at radius 1 is 0.861 bits per heavy atom. The smallest absolute Gasteiger partial charge is 0.335 e. The number of benzene rings is 2. The zero-order chi connectivity index (χ0) is 26.4. The molecule has 2 heterocycles. The molecular formula is C26H34FN3O6. The molecule has 10 heteroatoms. The fourth-order valence-electron chi connectivity index (χ4n) is 4.56. The van der Waals surface area contributed by atoms with Crippen LogP contribution in [0, 0.1) is 5.82 Å². The fraction of sp³-hybridized carbons (Fsp3) is 0.462. The Hall–Kier alpha value is -3.05. The first-order chi connectivity index (χ1) is 17.1. The maximum Gasteiger partial charge on any atom is 0.335 e. The summed E-state index contributed by atoms with van der Waals surface area (Å²) in [5.74, 6) is -3.49. The van der Waals surface area contributed by atoms with Gasteiger partial charge in [0.15, 0.2) is 12.2 Å². The number of aliphatic carboxylic acids is 2. The number of carboxylic acids is 2. The molecule has 0 aromatic heterocycles. The Kier molecular flexibility index (Phi) is 9.38. The summed E-state index contributed by atoms with van der Waals surface area (Å²) >= 11 is 0. The van der Waals surface area contributed by atoms with Crippen molar-refractivity contribution < 1.29 is 34.4 Å². The van der Waals surface area contributed by atoms with Crippen molar-refractivity contribution >= 4 is 17.6 Å². The van der Waals surface area contributed by atoms with Gasteiger partial charge in [-0.25, -0.2) is 14.0 Å². The van der Waals surface area contributed by atoms with E-state index >= 15 is 0 Å². The van der Waals surface area contributed by atoms with Gasteiger partial charge < -0.3 is 35.1 Å². The highest BCUT2D eigenvalue weighted by molar-refractivity contribution is 5.83. The molecule has 4 rings (SSSR count). The van der Waals surface area contributed by atoms with E-state index in [1.165, 1.54) is 16.8 Å². The molecule has 2 aromatic rings. The molecule has 9 nitrogen and oxygen atoms in total. The van der Waals surface area contributed by atoms with E-state index in [1.807, 2.05) is 12.1 Å². The molecule has 1 unspecified atom stereocenters. The molecular weight excluding hydrogens is 469 g/mol. The van der Waals surface area contributed by atoms with Gasteiger partial charge in [-0.1, -0.05) is 24.3 Å². The summed E-state index contributed by atoms with van der Waals surface area (Å²) in [5.41, 5.74) is 4.77. The summed E-state index contributed by atoms with van der Waals surface area (Å²) in [7, 11) is 4.35. The largest absolute Gasteiger partial charge is 0.479 e. The van der Waals surface area contributed by atoms with Crippen LogP contribution < -0.4 is 4.90 Å². The molecule has 0 bridgehead atoms. The second-order valence-electron chi connectivity index (χ2n) is 9.34. The van der Waals surface area contributed by atoms with Crippen molar-refractivity contribution in [1.82, 2.24) is 9.80 Å². The van der Waals surface area contributed by atoms with Crippen LogP contribution in [0.5, 0.6) is 0 Å². The summed E-state index contributed by atoms with van der Waals surface area (Å²) in [5, 5.41) is 32.5. The minimum atomic E-state index is -2.27. The second kappa shape index (κ2) is 12.3. The topological polar surface area (TPSA) is 125 Å². The lowest BCUT2D eigenvalue weighted by molar-refractivity contribution is -0.165. The molecule has 2 aromatic carbocycles. The van der Waals surface area contributed by atoms with Crippen LogP contribution >= 0.6 is 0 Å². The predicted molar refractivity (Wildman–Crippen MR) is 133 cm³/mol. The number of carboxylic acid groups (broad SMARTS) is 2. The zero-order valence-corrected chi connectivity index (χ0v) is 20.5. The van der Waals surface area contributed by atoms with Crippen molar-refractivity contribution in [2.45, 2.75) is 31.1 Å². The molecule has 2 aliphatic rings. The molecule has 0 aliphatic carbocycles. The Balaban J connectivity index is 0.000000308. The number of nitrogens with zero attached hydrogens (tertiary/aromatic N) is 3. The van der Waals surface area contributed by atoms with Crippen LogP contribution in [0.25, 0.3) is 0 Å². The first-order valence-corrected chi connectivity index (χ1v) is 11.9. The van der Waals surface area contributed by atoms with Crippen molar-refractivity contribution in [1.29, 1.82) is 0 Å². The van der Waals surface area contributed by atoms with Crippen molar-refractivity contribution in [2.75, 3.05) is 51.7 Å². The van der Waals surface area contributed by atoms with Crippen molar-refractivity contribution in [2.24, 2.45) is 0 Å². The zero-order valence-electron chi connectivity index (χ0n) is 20.5. The van der Waals surface area contributed by atoms with E-state index in [-0.39, 0.29) is 11.7 Å². The number of aliphatic hydroxyl groups excluding tert-OH is 2. The molecule has 0 saturated carbocycles. The molecule has 0 spiro atoms. The first kappa shape index (κ1) is 27.5. The molecule has 1 saturated heterocycles. The van der Waals surface area contributed by atoms with Crippen LogP contribution in [0.1, 0.15) is 29.0 Å². The summed E-state index contributed by atoms with van der Waals surface area (Å²) < 4.78 is 14.5. The van der Waals surface area contributed by atoms with E-state index in [0.717, 1.165) is 51.3 Å². The SMILES string of the molecule is CN1CCN(c2ccc3c(c2)CN(C)CCC3c2ccccc2F)CC1.O=C(O)[C@H](O)[C@@H](O)C(=O)O. The van der Waals surface area contributed by atoms with Gasteiger partial charge in [0.05, 0.1) is 0 Å². The van der Waals surface area contributed by atoms with Gasteiger partial charge in [0.2, 0.25) is 0 Å². The minimum absolute atomic E-state index is 0.0869. The molecule has 0 amide bonds. The summed E-state index contributed by atoms with van der Waals surface area (Å²) in [6.45, 7) is 6.27. The van der Waals surface area contributed by atoms with Gasteiger partial charge in [-0.2, -0.15) is 0 Å². The van der Waals surface area contributed by atoms with Crippen LogP contribution in [0.15, 0.2) is 42.5 Å². The highest BCUT2D eigenvalue weighted by Gasteiger charge is 2.29. The number of piperazine rings is 1. The number of likely N-dealkylation sites (N-methyl/N-ethyl adjacent to an activating group) is 1. The number of anilines is 1. The van der Waals surface area contributed by atoms with E-state index in [9.17, 15) is 14.0 Å². The molecule has 36 heavy (non-hydrogen) atoms. The lowest BCUT2D eigenvalue weighted by atomic mass is 9.86. The average molecular weight is 504 g/mol. The second-order valence-corrected chi connectivity index (χ2v) is 9.34. The van der Waals surface area contributed by atoms with E-state index < -0.39 is 24.1 Å².